The first-order chi connectivity index (χ1) is 13.7. The molecule has 1 aromatic carbocycles. The molecule has 0 N–H and O–H groups in total. The quantitative estimate of drug-likeness (QED) is 0.180. The van der Waals surface area contributed by atoms with Gasteiger partial charge in [0.05, 0.1) is 0 Å². The molecule has 0 atom stereocenters. The summed E-state index contributed by atoms with van der Waals surface area (Å²) in [5.41, 5.74) is 9.70. The second kappa shape index (κ2) is 14.4. The zero-order valence-corrected chi connectivity index (χ0v) is 22.6. The van der Waals surface area contributed by atoms with Gasteiger partial charge in [-0.3, -0.25) is 0 Å². The molecule has 0 saturated heterocycles. The Kier molecular flexibility index (Phi) is 14.1. The molecule has 2 rings (SSSR count). The molecule has 0 amide bonds. The zero-order valence-electron chi connectivity index (χ0n) is 20.4. The van der Waals surface area contributed by atoms with Crippen LogP contribution in [0.3, 0.4) is 0 Å². The standard InChI is InChI=1S/C16H20I.C12H19.Li/c1-4-14-7-8-15-6-5-13(9-10-17-3)11-16(15)12(14)2;1-7-11(8-2)9-10(3)12(4,5)6;/h5-6,11H,1-2,4,7-10H2,3H3;8-9H,1H2,2-6H3;/q-3;-1;+1/b;10-9+,11-8-;. The summed E-state index contributed by atoms with van der Waals surface area (Å²) in [5.74, 6) is 0. The minimum absolute atomic E-state index is 0. The van der Waals surface area contributed by atoms with E-state index in [2.05, 4.69) is 83.4 Å². The van der Waals surface area contributed by atoms with E-state index in [1.807, 2.05) is 13.0 Å². The van der Waals surface area contributed by atoms with Gasteiger partial charge in [0.15, 0.2) is 0 Å². The summed E-state index contributed by atoms with van der Waals surface area (Å²) in [7, 11) is 0. The average Bonchev–Trinajstić information content (AvgIpc) is 2.70. The molecule has 0 bridgehead atoms. The smallest absolute Gasteiger partial charge is 1.00 e. The Bertz CT molecular complexity index is 772. The van der Waals surface area contributed by atoms with E-state index in [0.717, 1.165) is 18.4 Å². The third kappa shape index (κ3) is 9.25. The molecule has 1 aliphatic carbocycles. The van der Waals surface area contributed by atoms with Crippen molar-refractivity contribution in [3.63, 3.8) is 0 Å². The number of rotatable bonds is 6. The number of aryl methyl sites for hydroxylation is 2. The Morgan fingerprint density at radius 3 is 2.43 bits per heavy atom. The van der Waals surface area contributed by atoms with Crippen LogP contribution in [0.2, 0.25) is 0 Å². The largest absolute Gasteiger partial charge is 1.00 e. The number of hydrogen-bond donors (Lipinski definition) is 0. The molecule has 0 saturated carbocycles. The maximum absolute atomic E-state index is 4.26. The fourth-order valence-electron chi connectivity index (χ4n) is 3.07. The van der Waals surface area contributed by atoms with Crippen LogP contribution in [-0.4, -0.2) is 9.36 Å². The van der Waals surface area contributed by atoms with Crippen molar-refractivity contribution in [2.24, 2.45) is 5.41 Å². The number of halogens is 1. The van der Waals surface area contributed by atoms with Gasteiger partial charge in [-0.2, -0.15) is 30.4 Å². The summed E-state index contributed by atoms with van der Waals surface area (Å²) in [4.78, 5) is 2.35. The molecule has 0 radical (unpaired) electrons. The van der Waals surface area contributed by atoms with Gasteiger partial charge in [0, 0.05) is 0 Å². The van der Waals surface area contributed by atoms with Crippen LogP contribution in [0.15, 0.2) is 53.6 Å². The molecule has 0 aromatic heterocycles. The van der Waals surface area contributed by atoms with Crippen LogP contribution in [0.5, 0.6) is 0 Å². The van der Waals surface area contributed by atoms with Crippen molar-refractivity contribution in [2.75, 3.05) is 9.36 Å². The fraction of sp³-hybridized carbons (Fsp3) is 0.429. The van der Waals surface area contributed by atoms with E-state index in [1.54, 1.807) is 0 Å². The van der Waals surface area contributed by atoms with Crippen molar-refractivity contribution in [1.29, 1.82) is 0 Å². The minimum atomic E-state index is 0. The molecule has 0 fully saturated rings. The van der Waals surface area contributed by atoms with Crippen molar-refractivity contribution in [1.82, 2.24) is 0 Å². The van der Waals surface area contributed by atoms with Crippen molar-refractivity contribution < 1.29 is 40.1 Å². The van der Waals surface area contributed by atoms with E-state index in [4.69, 9.17) is 0 Å². The number of fused-ring (bicyclic) bond motifs is 1. The summed E-state index contributed by atoms with van der Waals surface area (Å²) in [6, 6.07) is 6.98. The van der Waals surface area contributed by atoms with Crippen LogP contribution in [0.1, 0.15) is 64.2 Å². The second-order valence-electron chi connectivity index (χ2n) is 8.53. The summed E-state index contributed by atoms with van der Waals surface area (Å²) >= 11 is 0.408. The summed E-state index contributed by atoms with van der Waals surface area (Å²) in [5, 5.41) is 0. The molecule has 1 aliphatic rings. The first-order valence-corrected chi connectivity index (χ1v) is 14.1. The molecule has 0 heterocycles. The Morgan fingerprint density at radius 1 is 1.27 bits per heavy atom. The van der Waals surface area contributed by atoms with Crippen molar-refractivity contribution in [3.8, 4) is 0 Å². The first kappa shape index (κ1) is 29.4. The van der Waals surface area contributed by atoms with Gasteiger partial charge in [-0.25, -0.2) is 0 Å². The Hall–Kier alpha value is -0.623. The molecule has 1 aromatic rings. The molecule has 0 unspecified atom stereocenters. The van der Waals surface area contributed by atoms with Gasteiger partial charge in [-0.1, -0.05) is 34.6 Å². The molecule has 162 valence electrons. The third-order valence-corrected chi connectivity index (χ3v) is 7.18. The van der Waals surface area contributed by atoms with Crippen LogP contribution in [-0.2, 0) is 12.8 Å². The monoisotopic (exact) mass is 509 g/mol. The van der Waals surface area contributed by atoms with E-state index >= 15 is 0 Å². The molecule has 0 spiro atoms. The van der Waals surface area contributed by atoms with Gasteiger partial charge in [-0.15, -0.1) is 5.57 Å². The minimum Gasteiger partial charge on any atom is 1.00 e. The van der Waals surface area contributed by atoms with E-state index < -0.39 is 0 Å². The van der Waals surface area contributed by atoms with Crippen LogP contribution in [0.4, 0.5) is 0 Å². The molecule has 2 heteroatoms. The topological polar surface area (TPSA) is 0 Å². The molecule has 0 aliphatic heterocycles. The number of hydrogen-bond acceptors (Lipinski definition) is 0. The van der Waals surface area contributed by atoms with Crippen molar-refractivity contribution in [2.45, 2.75) is 60.3 Å². The fourth-order valence-corrected chi connectivity index (χ4v) is 4.23. The maximum atomic E-state index is 4.26. The molecular formula is C28H39ILi-3. The Balaban J connectivity index is 0.000000579. The van der Waals surface area contributed by atoms with Gasteiger partial charge in [-0.05, 0) is 5.41 Å². The molecule has 0 nitrogen and oxygen atoms in total. The summed E-state index contributed by atoms with van der Waals surface area (Å²) in [6.45, 7) is 22.6. The van der Waals surface area contributed by atoms with Crippen LogP contribution < -0.4 is 40.1 Å². The van der Waals surface area contributed by atoms with E-state index in [1.165, 1.54) is 50.7 Å². The van der Waals surface area contributed by atoms with Gasteiger partial charge in [0.2, 0.25) is 0 Å². The summed E-state index contributed by atoms with van der Waals surface area (Å²) < 4.78 is 1.38. The number of alkyl halides is 2. The first-order valence-electron chi connectivity index (χ1n) is 10.4. The SMILES string of the molecule is C=[C-]C(=C/C)/C=C(\C)C(C)(C)C.[CH2-]CC1=C([CH2-])c2cc(CC[I-]C)ccc2CC1.[Li+]. The number of benzene rings is 1. The van der Waals surface area contributed by atoms with Gasteiger partial charge >= 0.3 is 135 Å². The normalized spacial score (nSPS) is 14.5. The average molecular weight is 509 g/mol. The molecular weight excluding hydrogens is 470 g/mol. The summed E-state index contributed by atoms with van der Waals surface area (Å²) in [6.07, 6.45) is 11.5. The van der Waals surface area contributed by atoms with Crippen molar-refractivity contribution in [3.05, 3.63) is 90.3 Å². The Labute approximate surface area is 209 Å². The van der Waals surface area contributed by atoms with Crippen molar-refractivity contribution >= 4 is 5.57 Å². The predicted octanol–water partition coefficient (Wildman–Crippen LogP) is 1.62. The maximum Gasteiger partial charge on any atom is 1.00 e. The zero-order chi connectivity index (χ0) is 22.0. The van der Waals surface area contributed by atoms with Gasteiger partial charge < -0.3 is 0 Å². The number of allylic oxidation sites excluding steroid dienone is 7. The van der Waals surface area contributed by atoms with Crippen LogP contribution in [0.25, 0.3) is 5.57 Å². The van der Waals surface area contributed by atoms with Crippen LogP contribution in [0, 0.1) is 25.3 Å². The predicted molar refractivity (Wildman–Crippen MR) is 127 cm³/mol. The van der Waals surface area contributed by atoms with Crippen LogP contribution >= 0.6 is 0 Å². The molecule has 30 heavy (non-hydrogen) atoms. The van der Waals surface area contributed by atoms with Gasteiger partial charge in [0.25, 0.3) is 0 Å². The van der Waals surface area contributed by atoms with E-state index in [0.29, 0.717) is 21.2 Å². The van der Waals surface area contributed by atoms with Gasteiger partial charge in [0.1, 0.15) is 0 Å². The second-order valence-corrected chi connectivity index (χ2v) is 11.1. The van der Waals surface area contributed by atoms with E-state index in [9.17, 15) is 0 Å². The van der Waals surface area contributed by atoms with E-state index in [-0.39, 0.29) is 24.3 Å². The Morgan fingerprint density at radius 2 is 1.93 bits per heavy atom. The third-order valence-electron chi connectivity index (χ3n) is 5.57.